The van der Waals surface area contributed by atoms with Gasteiger partial charge < -0.3 is 5.32 Å². The number of benzene rings is 1. The molecule has 0 atom stereocenters. The van der Waals surface area contributed by atoms with Gasteiger partial charge in [-0.2, -0.15) is 0 Å². The van der Waals surface area contributed by atoms with Crippen molar-refractivity contribution in [2.24, 2.45) is 0 Å². The van der Waals surface area contributed by atoms with Gasteiger partial charge in [0.1, 0.15) is 5.82 Å². The molecule has 0 spiro atoms. The highest BCUT2D eigenvalue weighted by molar-refractivity contribution is 7.89. The number of aryl methyl sites for hydroxylation is 1. The predicted molar refractivity (Wildman–Crippen MR) is 88.8 cm³/mol. The lowest BCUT2D eigenvalue weighted by Crippen LogP contribution is -2.30. The number of carbonyl (C=O) groups is 1. The number of sulfonamides is 1. The van der Waals surface area contributed by atoms with Crippen molar-refractivity contribution < 1.29 is 13.2 Å². The molecule has 0 saturated heterocycles. The Bertz CT molecular complexity index is 800. The van der Waals surface area contributed by atoms with Gasteiger partial charge in [-0.1, -0.05) is 6.07 Å². The normalized spacial score (nSPS) is 11.5. The van der Waals surface area contributed by atoms with Crippen molar-refractivity contribution in [2.45, 2.75) is 31.7 Å². The van der Waals surface area contributed by atoms with Crippen LogP contribution in [0.1, 0.15) is 29.8 Å². The Labute approximate surface area is 136 Å². The van der Waals surface area contributed by atoms with Gasteiger partial charge in [-0.15, -0.1) is 0 Å². The molecule has 0 fully saturated rings. The van der Waals surface area contributed by atoms with E-state index in [0.29, 0.717) is 11.4 Å². The minimum atomic E-state index is -3.56. The third kappa shape index (κ3) is 4.37. The summed E-state index contributed by atoms with van der Waals surface area (Å²) in [7, 11) is -3.56. The van der Waals surface area contributed by atoms with Gasteiger partial charge in [0.25, 0.3) is 5.91 Å². The Kier molecular flexibility index (Phi) is 5.12. The van der Waals surface area contributed by atoms with Crippen molar-refractivity contribution in [3.8, 4) is 0 Å². The Morgan fingerprint density at radius 2 is 1.78 bits per heavy atom. The van der Waals surface area contributed by atoms with E-state index in [1.807, 2.05) is 13.0 Å². The summed E-state index contributed by atoms with van der Waals surface area (Å²) in [5, 5.41) is 2.70. The number of pyridine rings is 1. The first-order valence-corrected chi connectivity index (χ1v) is 8.63. The van der Waals surface area contributed by atoms with E-state index in [1.165, 1.54) is 24.3 Å². The standard InChI is InChI=1S/C16H19N3O3S/c1-11(2)19-23(21,22)14-8-6-13(7-9-14)16(20)18-15-12(3)5-4-10-17-15/h4-11,19H,1-3H3,(H,17,18,20). The highest BCUT2D eigenvalue weighted by Crippen LogP contribution is 2.14. The molecule has 7 heteroatoms. The van der Waals surface area contributed by atoms with Gasteiger partial charge in [0.2, 0.25) is 10.0 Å². The van der Waals surface area contributed by atoms with E-state index >= 15 is 0 Å². The minimum Gasteiger partial charge on any atom is -0.306 e. The molecule has 0 aliphatic carbocycles. The molecule has 0 saturated carbocycles. The molecule has 0 bridgehead atoms. The zero-order valence-electron chi connectivity index (χ0n) is 13.2. The lowest BCUT2D eigenvalue weighted by atomic mass is 10.2. The third-order valence-electron chi connectivity index (χ3n) is 3.06. The zero-order chi connectivity index (χ0) is 17.0. The van der Waals surface area contributed by atoms with Gasteiger partial charge in [-0.05, 0) is 56.7 Å². The van der Waals surface area contributed by atoms with E-state index in [9.17, 15) is 13.2 Å². The molecule has 2 N–H and O–H groups in total. The Hall–Kier alpha value is -2.25. The molecule has 0 radical (unpaired) electrons. The summed E-state index contributed by atoms with van der Waals surface area (Å²) in [6.45, 7) is 5.33. The van der Waals surface area contributed by atoms with Crippen molar-refractivity contribution in [1.29, 1.82) is 0 Å². The molecule has 2 rings (SSSR count). The van der Waals surface area contributed by atoms with E-state index < -0.39 is 10.0 Å². The van der Waals surface area contributed by atoms with Gasteiger partial charge in [0.05, 0.1) is 4.90 Å². The number of hydrogen-bond donors (Lipinski definition) is 2. The van der Waals surface area contributed by atoms with Gasteiger partial charge >= 0.3 is 0 Å². The lowest BCUT2D eigenvalue weighted by molar-refractivity contribution is 0.102. The van der Waals surface area contributed by atoms with Crippen LogP contribution < -0.4 is 10.0 Å². The summed E-state index contributed by atoms with van der Waals surface area (Å²) in [6, 6.07) is 9.19. The first kappa shape index (κ1) is 17.1. The molecule has 0 aliphatic rings. The van der Waals surface area contributed by atoms with Crippen molar-refractivity contribution in [3.63, 3.8) is 0 Å². The van der Waals surface area contributed by atoms with E-state index in [4.69, 9.17) is 0 Å². The fourth-order valence-corrected chi connectivity index (χ4v) is 3.21. The Balaban J connectivity index is 2.16. The molecule has 122 valence electrons. The van der Waals surface area contributed by atoms with Gasteiger partial charge in [0, 0.05) is 17.8 Å². The van der Waals surface area contributed by atoms with Gasteiger partial charge in [-0.3, -0.25) is 4.79 Å². The van der Waals surface area contributed by atoms with Crippen molar-refractivity contribution in [2.75, 3.05) is 5.32 Å². The Morgan fingerprint density at radius 1 is 1.13 bits per heavy atom. The molecule has 1 aromatic carbocycles. The van der Waals surface area contributed by atoms with Crippen LogP contribution in [-0.2, 0) is 10.0 Å². The van der Waals surface area contributed by atoms with E-state index in [2.05, 4.69) is 15.0 Å². The summed E-state index contributed by atoms with van der Waals surface area (Å²) in [4.78, 5) is 16.4. The average molecular weight is 333 g/mol. The van der Waals surface area contributed by atoms with Crippen LogP contribution in [0.15, 0.2) is 47.5 Å². The van der Waals surface area contributed by atoms with Crippen LogP contribution in [0.5, 0.6) is 0 Å². The average Bonchev–Trinajstić information content (AvgIpc) is 2.48. The number of hydrogen-bond acceptors (Lipinski definition) is 4. The number of amides is 1. The van der Waals surface area contributed by atoms with Crippen LogP contribution in [0.3, 0.4) is 0 Å². The van der Waals surface area contributed by atoms with Crippen LogP contribution in [0.2, 0.25) is 0 Å². The van der Waals surface area contributed by atoms with Crippen molar-refractivity contribution >= 4 is 21.7 Å². The Morgan fingerprint density at radius 3 is 2.35 bits per heavy atom. The summed E-state index contributed by atoms with van der Waals surface area (Å²) >= 11 is 0. The molecule has 1 aromatic heterocycles. The topological polar surface area (TPSA) is 88.2 Å². The molecule has 1 heterocycles. The van der Waals surface area contributed by atoms with Crippen LogP contribution in [0.25, 0.3) is 0 Å². The van der Waals surface area contributed by atoms with Gasteiger partial charge in [0.15, 0.2) is 0 Å². The zero-order valence-corrected chi connectivity index (χ0v) is 14.0. The fourth-order valence-electron chi connectivity index (χ4n) is 1.96. The smallest absolute Gasteiger partial charge is 0.256 e. The molecule has 23 heavy (non-hydrogen) atoms. The number of nitrogens with zero attached hydrogens (tertiary/aromatic N) is 1. The maximum atomic E-state index is 12.2. The van der Waals surface area contributed by atoms with Crippen molar-refractivity contribution in [1.82, 2.24) is 9.71 Å². The summed E-state index contributed by atoms with van der Waals surface area (Å²) in [5.41, 5.74) is 1.21. The van der Waals surface area contributed by atoms with E-state index in [1.54, 1.807) is 26.1 Å². The SMILES string of the molecule is Cc1cccnc1NC(=O)c1ccc(S(=O)(=O)NC(C)C)cc1. The van der Waals surface area contributed by atoms with E-state index in [0.717, 1.165) is 5.56 Å². The van der Waals surface area contributed by atoms with Crippen LogP contribution in [-0.4, -0.2) is 25.4 Å². The van der Waals surface area contributed by atoms with Crippen LogP contribution in [0.4, 0.5) is 5.82 Å². The summed E-state index contributed by atoms with van der Waals surface area (Å²) in [6.07, 6.45) is 1.59. The highest BCUT2D eigenvalue weighted by atomic mass is 32.2. The predicted octanol–water partition coefficient (Wildman–Crippen LogP) is 2.33. The molecule has 0 aliphatic heterocycles. The number of rotatable bonds is 5. The van der Waals surface area contributed by atoms with Crippen LogP contribution in [0, 0.1) is 6.92 Å². The monoisotopic (exact) mass is 333 g/mol. The molecule has 1 amide bonds. The minimum absolute atomic E-state index is 0.122. The molecule has 6 nitrogen and oxygen atoms in total. The number of aromatic nitrogens is 1. The second-order valence-corrected chi connectivity index (χ2v) is 7.14. The number of anilines is 1. The molecule has 2 aromatic rings. The third-order valence-corrected chi connectivity index (χ3v) is 4.73. The quantitative estimate of drug-likeness (QED) is 0.879. The first-order chi connectivity index (χ1) is 10.8. The largest absolute Gasteiger partial charge is 0.306 e. The molecular formula is C16H19N3O3S. The molecule has 0 unspecified atom stereocenters. The highest BCUT2D eigenvalue weighted by Gasteiger charge is 2.16. The summed E-state index contributed by atoms with van der Waals surface area (Å²) in [5.74, 6) is 0.142. The van der Waals surface area contributed by atoms with Gasteiger partial charge in [-0.25, -0.2) is 18.1 Å². The summed E-state index contributed by atoms with van der Waals surface area (Å²) < 4.78 is 26.6. The first-order valence-electron chi connectivity index (χ1n) is 7.15. The number of nitrogens with one attached hydrogen (secondary N) is 2. The van der Waals surface area contributed by atoms with Crippen LogP contribution >= 0.6 is 0 Å². The number of carbonyl (C=O) groups excluding carboxylic acids is 1. The molecular weight excluding hydrogens is 314 g/mol. The second kappa shape index (κ2) is 6.89. The second-order valence-electron chi connectivity index (χ2n) is 5.42. The fraction of sp³-hybridized carbons (Fsp3) is 0.250. The maximum absolute atomic E-state index is 12.2. The van der Waals surface area contributed by atoms with E-state index in [-0.39, 0.29) is 16.8 Å². The van der Waals surface area contributed by atoms with Crippen molar-refractivity contribution in [3.05, 3.63) is 53.7 Å². The lowest BCUT2D eigenvalue weighted by Gasteiger charge is -2.10. The maximum Gasteiger partial charge on any atom is 0.256 e.